The van der Waals surface area contributed by atoms with E-state index in [-0.39, 0.29) is 41.7 Å². The summed E-state index contributed by atoms with van der Waals surface area (Å²) in [5.41, 5.74) is 9.12. The van der Waals surface area contributed by atoms with Gasteiger partial charge in [-0.3, -0.25) is 18.8 Å². The summed E-state index contributed by atoms with van der Waals surface area (Å²) in [7, 11) is -8.20. The summed E-state index contributed by atoms with van der Waals surface area (Å²) in [6.07, 6.45) is 10.8. The number of carbonyl (C=O) groups is 1. The van der Waals surface area contributed by atoms with Crippen molar-refractivity contribution in [1.29, 1.82) is 0 Å². The van der Waals surface area contributed by atoms with Gasteiger partial charge in [0.15, 0.2) is 13.1 Å². The van der Waals surface area contributed by atoms with Crippen LogP contribution in [0.3, 0.4) is 0 Å². The van der Waals surface area contributed by atoms with Crippen molar-refractivity contribution in [2.45, 2.75) is 64.2 Å². The monoisotopic (exact) mass is 793 g/mol. The van der Waals surface area contributed by atoms with Crippen LogP contribution < -0.4 is 9.80 Å². The van der Waals surface area contributed by atoms with Crippen molar-refractivity contribution in [2.24, 2.45) is 0 Å². The minimum absolute atomic E-state index is 0.00111. The fraction of sp³-hybridized carbons (Fsp3) is 0.463. The lowest BCUT2D eigenvalue weighted by Crippen LogP contribution is -2.45. The fourth-order valence-corrected chi connectivity index (χ4v) is 9.68. The van der Waals surface area contributed by atoms with Crippen molar-refractivity contribution in [3.8, 4) is 0 Å². The highest BCUT2D eigenvalue weighted by Gasteiger charge is 2.41. The molecule has 3 heterocycles. The molecule has 0 atom stereocenters. The lowest BCUT2D eigenvalue weighted by Gasteiger charge is -2.27. The van der Waals surface area contributed by atoms with Gasteiger partial charge in [0, 0.05) is 57.8 Å². The Labute approximate surface area is 325 Å². The number of carboxylic acids is 1. The van der Waals surface area contributed by atoms with Gasteiger partial charge in [0.05, 0.1) is 31.1 Å². The van der Waals surface area contributed by atoms with Gasteiger partial charge in [0.1, 0.15) is 0 Å². The lowest BCUT2D eigenvalue weighted by atomic mass is 9.83. The Balaban J connectivity index is 1.40. The minimum atomic E-state index is -4.10. The predicted octanol–water partition coefficient (Wildman–Crippen LogP) is 5.41. The molecule has 0 unspecified atom stereocenters. The highest BCUT2D eigenvalue weighted by Crippen LogP contribution is 2.49. The maximum Gasteiger partial charge on any atom is 0.317 e. The average molecular weight is 794 g/mol. The molecule has 0 aromatic heterocycles. The van der Waals surface area contributed by atoms with Gasteiger partial charge in [-0.25, -0.2) is 4.58 Å². The summed E-state index contributed by atoms with van der Waals surface area (Å²) in [5, 5.41) is 9.44. The quantitative estimate of drug-likeness (QED) is 0.187. The zero-order chi connectivity index (χ0) is 39.8. The van der Waals surface area contributed by atoms with Crippen LogP contribution in [0.15, 0.2) is 95.4 Å². The number of rotatable bonds is 12. The maximum atomic E-state index is 11.6. The number of nitrogens with zero attached hydrogens (tertiary/aromatic N) is 4. The number of piperazine rings is 1. The Morgan fingerprint density at radius 2 is 1.13 bits per heavy atom. The zero-order valence-corrected chi connectivity index (χ0v) is 33.7. The number of hydrogen-bond donors (Lipinski definition) is 3. The first-order valence-corrected chi connectivity index (χ1v) is 22.1. The van der Waals surface area contributed by atoms with E-state index >= 15 is 0 Å². The third kappa shape index (κ3) is 8.99. The molecule has 0 amide bonds. The molecular formula is C41H53N4O8S2+. The fourth-order valence-electron chi connectivity index (χ4n) is 8.70. The van der Waals surface area contributed by atoms with Crippen LogP contribution >= 0.6 is 0 Å². The Morgan fingerprint density at radius 3 is 1.53 bits per heavy atom. The van der Waals surface area contributed by atoms with E-state index in [4.69, 9.17) is 0 Å². The van der Waals surface area contributed by atoms with Gasteiger partial charge in [-0.2, -0.15) is 16.8 Å². The van der Waals surface area contributed by atoms with Crippen molar-refractivity contribution < 1.29 is 40.4 Å². The summed E-state index contributed by atoms with van der Waals surface area (Å²) in [6, 6.07) is 16.3. The second-order valence-corrected chi connectivity index (χ2v) is 19.0. The number of para-hydroxylation sites is 2. The molecule has 1 saturated carbocycles. The van der Waals surface area contributed by atoms with E-state index in [1.165, 1.54) is 0 Å². The van der Waals surface area contributed by atoms with E-state index in [1.54, 1.807) is 0 Å². The summed E-state index contributed by atoms with van der Waals surface area (Å²) in [4.78, 5) is 17.8. The van der Waals surface area contributed by atoms with Gasteiger partial charge in [-0.15, -0.1) is 0 Å². The molecule has 4 aliphatic rings. The maximum absolute atomic E-state index is 11.6. The molecule has 296 valence electrons. The van der Waals surface area contributed by atoms with Crippen LogP contribution in [0.5, 0.6) is 0 Å². The number of benzene rings is 2. The van der Waals surface area contributed by atoms with Crippen molar-refractivity contribution in [3.05, 3.63) is 107 Å². The standard InChI is InChI=1S/C41H52N4O8S2/c1-40(2)32-11-5-7-13-34(32)44(21-9-27-54(48,49)50)36(40)19-17-30-15-16-31(39(30)43-25-23-42(24-26-43)29-38(46)47)18-20-37-41(3,4)33-12-6-8-14-35(33)45(37)22-10-28-55(51,52)53/h5-8,11-14,17-20H,9-10,15-16,21-29H2,1-4H3,(H2-,46,47,48,49,50,51,52,53)/p+1. The molecule has 0 bridgehead atoms. The molecule has 2 aromatic carbocycles. The zero-order valence-electron chi connectivity index (χ0n) is 32.1. The van der Waals surface area contributed by atoms with Crippen LogP contribution in [0.25, 0.3) is 0 Å². The van der Waals surface area contributed by atoms with Crippen LogP contribution in [0.1, 0.15) is 64.5 Å². The van der Waals surface area contributed by atoms with Crippen molar-refractivity contribution in [1.82, 2.24) is 4.90 Å². The van der Waals surface area contributed by atoms with Crippen LogP contribution in [0.4, 0.5) is 11.4 Å². The normalized spacial score (nSPS) is 22.7. The van der Waals surface area contributed by atoms with Crippen molar-refractivity contribution >= 4 is 43.3 Å². The molecule has 0 radical (unpaired) electrons. The van der Waals surface area contributed by atoms with Gasteiger partial charge in [0.2, 0.25) is 5.71 Å². The summed E-state index contributed by atoms with van der Waals surface area (Å²) < 4.78 is 67.7. The average Bonchev–Trinajstić information content (AvgIpc) is 3.67. The van der Waals surface area contributed by atoms with E-state index in [1.807, 2.05) is 41.3 Å². The highest BCUT2D eigenvalue weighted by atomic mass is 32.2. The van der Waals surface area contributed by atoms with Crippen LogP contribution in [0, 0.1) is 0 Å². The van der Waals surface area contributed by atoms with Gasteiger partial charge in [0.25, 0.3) is 20.2 Å². The highest BCUT2D eigenvalue weighted by molar-refractivity contribution is 7.86. The largest absolute Gasteiger partial charge is 0.480 e. The van der Waals surface area contributed by atoms with E-state index in [0.717, 1.165) is 63.6 Å². The Bertz CT molecular complexity index is 2070. The lowest BCUT2D eigenvalue weighted by molar-refractivity contribution is -0.538. The van der Waals surface area contributed by atoms with E-state index in [9.17, 15) is 35.8 Å². The molecule has 6 rings (SSSR count). The van der Waals surface area contributed by atoms with E-state index in [2.05, 4.69) is 78.5 Å². The van der Waals surface area contributed by atoms with Crippen LogP contribution in [0.2, 0.25) is 0 Å². The Kier molecular flexibility index (Phi) is 11.7. The topological polar surface area (TPSA) is 159 Å². The molecule has 2 fully saturated rings. The van der Waals surface area contributed by atoms with Gasteiger partial charge in [-0.05, 0) is 61.1 Å². The first kappa shape index (κ1) is 40.6. The molecule has 1 saturated heterocycles. The SMILES string of the molecule is CC1(C)/C(=C/C=C2\CCC(=C/C=C3/N(CCCS(=O)(=O)O)c4ccccc4C3(C)C)C2=[N+]2CCN(CC(=O)O)CC2)N(CCCS(=O)(=O)O)c2ccccc21. The Morgan fingerprint density at radius 1 is 0.709 bits per heavy atom. The third-order valence-electron chi connectivity index (χ3n) is 11.4. The molecule has 14 heteroatoms. The van der Waals surface area contributed by atoms with Crippen molar-refractivity contribution in [2.75, 3.05) is 67.1 Å². The number of hydrogen-bond acceptors (Lipinski definition) is 8. The Hall–Kier alpha value is -4.08. The first-order valence-electron chi connectivity index (χ1n) is 18.9. The van der Waals surface area contributed by atoms with Gasteiger partial charge in [-0.1, -0.05) is 76.2 Å². The van der Waals surface area contributed by atoms with Crippen LogP contribution in [-0.4, -0.2) is 110 Å². The number of allylic oxidation sites excluding steroid dienone is 8. The van der Waals surface area contributed by atoms with Gasteiger partial charge < -0.3 is 14.9 Å². The van der Waals surface area contributed by atoms with E-state index in [0.29, 0.717) is 39.3 Å². The number of aliphatic carboxylic acids is 1. The molecule has 1 aliphatic carbocycles. The molecule has 0 spiro atoms. The second kappa shape index (κ2) is 15.8. The number of anilines is 2. The summed E-state index contributed by atoms with van der Waals surface area (Å²) in [6.45, 7) is 12.1. The summed E-state index contributed by atoms with van der Waals surface area (Å²) >= 11 is 0. The van der Waals surface area contributed by atoms with E-state index < -0.39 is 26.2 Å². The number of carboxylic acid groups (broad SMARTS) is 1. The molecule has 55 heavy (non-hydrogen) atoms. The van der Waals surface area contributed by atoms with Crippen molar-refractivity contribution in [3.63, 3.8) is 0 Å². The minimum Gasteiger partial charge on any atom is -0.480 e. The third-order valence-corrected chi connectivity index (χ3v) is 13.0. The molecule has 2 aromatic rings. The number of fused-ring (bicyclic) bond motifs is 2. The summed E-state index contributed by atoms with van der Waals surface area (Å²) in [5.74, 6) is -1.49. The molecule has 3 N–H and O–H groups in total. The first-order chi connectivity index (χ1) is 25.9. The predicted molar refractivity (Wildman–Crippen MR) is 216 cm³/mol. The van der Waals surface area contributed by atoms with Crippen LogP contribution in [-0.2, 0) is 35.9 Å². The molecular weight excluding hydrogens is 741 g/mol. The smallest absolute Gasteiger partial charge is 0.317 e. The second-order valence-electron chi connectivity index (χ2n) is 15.9. The molecule has 12 nitrogen and oxygen atoms in total. The van der Waals surface area contributed by atoms with Gasteiger partial charge >= 0.3 is 5.97 Å². The molecule has 3 aliphatic heterocycles.